The lowest BCUT2D eigenvalue weighted by Crippen LogP contribution is -1.83. The Morgan fingerprint density at radius 2 is 2.10 bits per heavy atom. The number of pyridine rings is 2. The first-order valence-corrected chi connectivity index (χ1v) is 7.14. The molecule has 5 heteroatoms. The van der Waals surface area contributed by atoms with Crippen molar-refractivity contribution in [3.8, 4) is 16.8 Å². The summed E-state index contributed by atoms with van der Waals surface area (Å²) in [7, 11) is 0. The summed E-state index contributed by atoms with van der Waals surface area (Å²) in [5.41, 5.74) is 3.10. The van der Waals surface area contributed by atoms with Crippen molar-refractivity contribution >= 4 is 23.5 Å². The van der Waals surface area contributed by atoms with E-state index in [0.717, 1.165) is 22.0 Å². The lowest BCUT2D eigenvalue weighted by atomic mass is 10.1. The molecule has 0 saturated carbocycles. The van der Waals surface area contributed by atoms with Crippen molar-refractivity contribution in [1.82, 2.24) is 15.0 Å². The second-order valence-corrected chi connectivity index (χ2v) is 5.06. The third-order valence-corrected chi connectivity index (χ3v) is 3.70. The van der Waals surface area contributed by atoms with E-state index in [9.17, 15) is 0 Å². The Hall–Kier alpha value is -2.84. The van der Waals surface area contributed by atoms with Crippen molar-refractivity contribution in [1.29, 1.82) is 5.26 Å². The van der Waals surface area contributed by atoms with Gasteiger partial charge in [-0.15, -0.1) is 11.3 Å². The Balaban J connectivity index is 1.85. The first kappa shape index (κ1) is 13.2. The summed E-state index contributed by atoms with van der Waals surface area (Å²) >= 11 is 1.55. The lowest BCUT2D eigenvalue weighted by molar-refractivity contribution is 1.28. The molecule has 3 heterocycles. The quantitative estimate of drug-likeness (QED) is 0.738. The highest BCUT2D eigenvalue weighted by Crippen LogP contribution is 2.22. The van der Waals surface area contributed by atoms with E-state index in [-0.39, 0.29) is 0 Å². The van der Waals surface area contributed by atoms with Gasteiger partial charge in [-0.3, -0.25) is 9.97 Å². The maximum Gasteiger partial charge on any atom is 0.142 e. The maximum atomic E-state index is 9.02. The molecule has 100 valence electrons. The minimum Gasteiger partial charge on any atom is -0.263 e. The number of hydrogen-bond donors (Lipinski definition) is 0. The first-order chi connectivity index (χ1) is 10.4. The fraction of sp³-hybridized carbons (Fsp3) is 0. The Morgan fingerprint density at radius 3 is 2.90 bits per heavy atom. The minimum absolute atomic E-state index is 0.550. The van der Waals surface area contributed by atoms with Gasteiger partial charge >= 0.3 is 0 Å². The van der Waals surface area contributed by atoms with Crippen molar-refractivity contribution < 1.29 is 0 Å². The molecule has 0 aliphatic heterocycles. The summed E-state index contributed by atoms with van der Waals surface area (Å²) in [6.45, 7) is 0. The van der Waals surface area contributed by atoms with Crippen LogP contribution in [0.25, 0.3) is 22.9 Å². The van der Waals surface area contributed by atoms with Gasteiger partial charge in [-0.25, -0.2) is 4.98 Å². The molecule has 0 spiro atoms. The highest BCUT2D eigenvalue weighted by atomic mass is 32.1. The zero-order valence-corrected chi connectivity index (χ0v) is 11.8. The highest BCUT2D eigenvalue weighted by Gasteiger charge is 2.03. The lowest BCUT2D eigenvalue weighted by Gasteiger charge is -1.94. The molecule has 3 rings (SSSR count). The first-order valence-electron chi connectivity index (χ1n) is 6.26. The van der Waals surface area contributed by atoms with Gasteiger partial charge in [-0.05, 0) is 29.8 Å². The third kappa shape index (κ3) is 3.02. The predicted octanol–water partition coefficient (Wildman–Crippen LogP) is 3.64. The van der Waals surface area contributed by atoms with E-state index in [2.05, 4.69) is 21.0 Å². The van der Waals surface area contributed by atoms with Gasteiger partial charge in [-0.2, -0.15) is 5.26 Å². The van der Waals surface area contributed by atoms with Crippen molar-refractivity contribution in [2.75, 3.05) is 0 Å². The number of nitrogens with zero attached hydrogens (tertiary/aromatic N) is 4. The molecular formula is C16H10N4S. The molecule has 0 aliphatic rings. The van der Waals surface area contributed by atoms with Gasteiger partial charge in [0.05, 0.1) is 17.0 Å². The van der Waals surface area contributed by atoms with Crippen LogP contribution in [-0.4, -0.2) is 15.0 Å². The van der Waals surface area contributed by atoms with Crippen LogP contribution >= 0.6 is 11.3 Å². The van der Waals surface area contributed by atoms with Gasteiger partial charge in [-0.1, -0.05) is 12.1 Å². The van der Waals surface area contributed by atoms with Gasteiger partial charge < -0.3 is 0 Å². The summed E-state index contributed by atoms with van der Waals surface area (Å²) in [5, 5.41) is 11.9. The smallest absolute Gasteiger partial charge is 0.142 e. The van der Waals surface area contributed by atoms with Crippen LogP contribution in [0.5, 0.6) is 0 Å². The number of aromatic nitrogens is 3. The highest BCUT2D eigenvalue weighted by molar-refractivity contribution is 7.13. The molecule has 4 nitrogen and oxygen atoms in total. The molecule has 0 aromatic carbocycles. The van der Waals surface area contributed by atoms with Crippen molar-refractivity contribution in [2.24, 2.45) is 0 Å². The van der Waals surface area contributed by atoms with Gasteiger partial charge in [0.15, 0.2) is 0 Å². The van der Waals surface area contributed by atoms with E-state index in [4.69, 9.17) is 5.26 Å². The second kappa shape index (κ2) is 6.07. The van der Waals surface area contributed by atoms with Crippen LogP contribution in [0.3, 0.4) is 0 Å². The van der Waals surface area contributed by atoms with Crippen molar-refractivity contribution in [3.05, 3.63) is 65.1 Å². The van der Waals surface area contributed by atoms with E-state index in [1.165, 1.54) is 0 Å². The molecule has 21 heavy (non-hydrogen) atoms. The van der Waals surface area contributed by atoms with Crippen LogP contribution in [0.2, 0.25) is 0 Å². The molecule has 0 fully saturated rings. The van der Waals surface area contributed by atoms with E-state index >= 15 is 0 Å². The monoisotopic (exact) mass is 290 g/mol. The molecule has 3 aromatic rings. The van der Waals surface area contributed by atoms with Crippen LogP contribution in [0.1, 0.15) is 16.8 Å². The molecule has 0 N–H and O–H groups in total. The van der Waals surface area contributed by atoms with E-state index in [0.29, 0.717) is 5.56 Å². The van der Waals surface area contributed by atoms with Crippen LogP contribution in [0, 0.1) is 11.3 Å². The van der Waals surface area contributed by atoms with Crippen LogP contribution in [0.15, 0.2) is 48.2 Å². The zero-order chi connectivity index (χ0) is 14.5. The maximum absolute atomic E-state index is 9.02. The summed E-state index contributed by atoms with van der Waals surface area (Å²) in [6.07, 6.45) is 8.74. The topological polar surface area (TPSA) is 62.5 Å². The second-order valence-electron chi connectivity index (χ2n) is 4.20. The van der Waals surface area contributed by atoms with E-state index < -0.39 is 0 Å². The Kier molecular flexibility index (Phi) is 3.81. The molecule has 0 unspecified atom stereocenters. The molecule has 0 saturated heterocycles. The summed E-state index contributed by atoms with van der Waals surface area (Å²) < 4.78 is 0. The van der Waals surface area contributed by atoms with Gasteiger partial charge in [0.25, 0.3) is 0 Å². The Bertz CT molecular complexity index is 816. The molecule has 0 aliphatic carbocycles. The molecule has 3 aromatic heterocycles. The molecular weight excluding hydrogens is 280 g/mol. The van der Waals surface area contributed by atoms with Gasteiger partial charge in [0, 0.05) is 24.0 Å². The summed E-state index contributed by atoms with van der Waals surface area (Å²) in [4.78, 5) is 12.7. The average molecular weight is 290 g/mol. The predicted molar refractivity (Wildman–Crippen MR) is 83.2 cm³/mol. The minimum atomic E-state index is 0.550. The normalized spacial score (nSPS) is 10.6. The van der Waals surface area contributed by atoms with Crippen molar-refractivity contribution in [2.45, 2.75) is 0 Å². The standard InChI is InChI=1S/C16H10N4S/c17-9-13-10-18-8-6-12(13)4-5-14-11-21-16(20-14)15-3-1-2-7-19-15/h1-8,10-11H/b5-4+. The average Bonchev–Trinajstić information content (AvgIpc) is 3.03. The fourth-order valence-electron chi connectivity index (χ4n) is 1.79. The Morgan fingerprint density at radius 1 is 1.14 bits per heavy atom. The number of rotatable bonds is 3. The van der Waals surface area contributed by atoms with Crippen molar-refractivity contribution in [3.63, 3.8) is 0 Å². The summed E-state index contributed by atoms with van der Waals surface area (Å²) in [6, 6.07) is 9.68. The molecule has 0 atom stereocenters. The molecule has 0 bridgehead atoms. The SMILES string of the molecule is N#Cc1cnccc1/C=C/c1csc(-c2ccccn2)n1. The van der Waals surface area contributed by atoms with Crippen LogP contribution in [-0.2, 0) is 0 Å². The molecule has 0 amide bonds. The van der Waals surface area contributed by atoms with Crippen LogP contribution < -0.4 is 0 Å². The largest absolute Gasteiger partial charge is 0.263 e. The Labute approximate surface area is 126 Å². The third-order valence-electron chi connectivity index (χ3n) is 2.81. The van der Waals surface area contributed by atoms with E-state index in [1.54, 1.807) is 36.0 Å². The van der Waals surface area contributed by atoms with Crippen LogP contribution in [0.4, 0.5) is 0 Å². The number of thiazole rings is 1. The molecule has 0 radical (unpaired) electrons. The number of nitriles is 1. The van der Waals surface area contributed by atoms with E-state index in [1.807, 2.05) is 35.7 Å². The van der Waals surface area contributed by atoms with Gasteiger partial charge in [0.2, 0.25) is 0 Å². The van der Waals surface area contributed by atoms with Gasteiger partial charge in [0.1, 0.15) is 11.1 Å². The fourth-order valence-corrected chi connectivity index (χ4v) is 2.55. The number of hydrogen-bond acceptors (Lipinski definition) is 5. The summed E-state index contributed by atoms with van der Waals surface area (Å²) in [5.74, 6) is 0. The zero-order valence-electron chi connectivity index (χ0n) is 11.0.